The largest absolute Gasteiger partial charge is 0.380 e. The number of nitrogens with zero attached hydrogens (tertiary/aromatic N) is 1. The van der Waals surface area contributed by atoms with Gasteiger partial charge in [0, 0.05) is 20.0 Å². The average molecular weight is 159 g/mol. The highest BCUT2D eigenvalue weighted by molar-refractivity contribution is 5.86. The van der Waals surface area contributed by atoms with E-state index >= 15 is 0 Å². The predicted octanol–water partition coefficient (Wildman–Crippen LogP) is 0.626. The van der Waals surface area contributed by atoms with Gasteiger partial charge in [0.05, 0.1) is 0 Å². The standard InChI is InChI=1S/C6H11NO2.C2H6/c1-6(9)3-4-7(2)5(6)8;1-2/h9H,3-4H2,1-2H3;1-2H3. The Labute approximate surface area is 68.0 Å². The molecule has 1 saturated heterocycles. The Kier molecular flexibility index (Phi) is 3.52. The average Bonchev–Trinajstić information content (AvgIpc) is 2.21. The Balaban J connectivity index is 0.000000461. The number of hydrogen-bond acceptors (Lipinski definition) is 2. The second kappa shape index (κ2) is 3.72. The van der Waals surface area contributed by atoms with Gasteiger partial charge < -0.3 is 10.0 Å². The highest BCUT2D eigenvalue weighted by Gasteiger charge is 2.38. The first kappa shape index (κ1) is 10.4. The minimum atomic E-state index is -1.09. The molecule has 0 saturated carbocycles. The van der Waals surface area contributed by atoms with Crippen molar-refractivity contribution in [2.24, 2.45) is 0 Å². The first-order valence-corrected chi connectivity index (χ1v) is 4.02. The molecule has 0 aromatic heterocycles. The summed E-state index contributed by atoms with van der Waals surface area (Å²) in [6.07, 6.45) is 0.558. The normalized spacial score (nSPS) is 29.9. The summed E-state index contributed by atoms with van der Waals surface area (Å²) in [6, 6.07) is 0. The van der Waals surface area contributed by atoms with Gasteiger partial charge in [-0.25, -0.2) is 0 Å². The van der Waals surface area contributed by atoms with Crippen LogP contribution in [-0.4, -0.2) is 35.1 Å². The number of aliphatic hydroxyl groups is 1. The molecule has 1 unspecified atom stereocenters. The van der Waals surface area contributed by atoms with Crippen LogP contribution in [0.4, 0.5) is 0 Å². The van der Waals surface area contributed by atoms with E-state index < -0.39 is 5.60 Å². The maximum Gasteiger partial charge on any atom is 0.254 e. The van der Waals surface area contributed by atoms with Gasteiger partial charge >= 0.3 is 0 Å². The highest BCUT2D eigenvalue weighted by Crippen LogP contribution is 2.19. The fourth-order valence-electron chi connectivity index (χ4n) is 1.01. The third-order valence-electron chi connectivity index (χ3n) is 1.74. The van der Waals surface area contributed by atoms with E-state index in [1.807, 2.05) is 13.8 Å². The smallest absolute Gasteiger partial charge is 0.254 e. The van der Waals surface area contributed by atoms with E-state index in [2.05, 4.69) is 0 Å². The maximum atomic E-state index is 10.9. The van der Waals surface area contributed by atoms with Gasteiger partial charge in [0.25, 0.3) is 5.91 Å². The van der Waals surface area contributed by atoms with Gasteiger partial charge in [0.1, 0.15) is 5.60 Å². The minimum absolute atomic E-state index is 0.164. The summed E-state index contributed by atoms with van der Waals surface area (Å²) in [7, 11) is 1.70. The Morgan fingerprint density at radius 3 is 2.09 bits per heavy atom. The second-order valence-corrected chi connectivity index (χ2v) is 2.75. The maximum absolute atomic E-state index is 10.9. The molecule has 1 fully saturated rings. The summed E-state index contributed by atoms with van der Waals surface area (Å²) >= 11 is 0. The fraction of sp³-hybridized carbons (Fsp3) is 0.875. The van der Waals surface area contributed by atoms with Crippen LogP contribution in [0.3, 0.4) is 0 Å². The summed E-state index contributed by atoms with van der Waals surface area (Å²) in [5.41, 5.74) is -1.09. The molecule has 3 nitrogen and oxygen atoms in total. The van der Waals surface area contributed by atoms with Crippen LogP contribution in [0.15, 0.2) is 0 Å². The van der Waals surface area contributed by atoms with Crippen molar-refractivity contribution < 1.29 is 9.90 Å². The van der Waals surface area contributed by atoms with Gasteiger partial charge in [0.15, 0.2) is 0 Å². The van der Waals surface area contributed by atoms with Gasteiger partial charge in [-0.3, -0.25) is 4.79 Å². The Hall–Kier alpha value is -0.570. The molecule has 66 valence electrons. The molecule has 1 aliphatic heterocycles. The Morgan fingerprint density at radius 2 is 2.00 bits per heavy atom. The van der Waals surface area contributed by atoms with E-state index in [-0.39, 0.29) is 5.91 Å². The number of hydrogen-bond donors (Lipinski definition) is 1. The predicted molar refractivity (Wildman–Crippen MR) is 44.2 cm³/mol. The van der Waals surface area contributed by atoms with E-state index in [1.54, 1.807) is 18.9 Å². The second-order valence-electron chi connectivity index (χ2n) is 2.75. The van der Waals surface area contributed by atoms with Crippen molar-refractivity contribution >= 4 is 5.91 Å². The third-order valence-corrected chi connectivity index (χ3v) is 1.74. The van der Waals surface area contributed by atoms with Crippen molar-refractivity contribution in [2.45, 2.75) is 32.8 Å². The lowest BCUT2D eigenvalue weighted by Gasteiger charge is -2.13. The molecule has 11 heavy (non-hydrogen) atoms. The monoisotopic (exact) mass is 159 g/mol. The number of amides is 1. The van der Waals surface area contributed by atoms with E-state index in [0.717, 1.165) is 0 Å². The molecule has 1 heterocycles. The van der Waals surface area contributed by atoms with Gasteiger partial charge in [-0.2, -0.15) is 0 Å². The van der Waals surface area contributed by atoms with Crippen LogP contribution in [0.1, 0.15) is 27.2 Å². The van der Waals surface area contributed by atoms with Crippen molar-refractivity contribution in [3.05, 3.63) is 0 Å². The molecule has 0 aliphatic carbocycles. The van der Waals surface area contributed by atoms with E-state index in [0.29, 0.717) is 13.0 Å². The fourth-order valence-corrected chi connectivity index (χ4v) is 1.01. The summed E-state index contributed by atoms with van der Waals surface area (Å²) in [4.78, 5) is 12.4. The number of carbonyl (C=O) groups excluding carboxylic acids is 1. The van der Waals surface area contributed by atoms with Crippen molar-refractivity contribution in [1.29, 1.82) is 0 Å². The molecule has 0 bridgehead atoms. The van der Waals surface area contributed by atoms with Crippen LogP contribution in [0.5, 0.6) is 0 Å². The molecule has 1 atom stereocenters. The SMILES string of the molecule is CC.CN1CCC(C)(O)C1=O. The molecule has 0 spiro atoms. The topological polar surface area (TPSA) is 40.5 Å². The summed E-state index contributed by atoms with van der Waals surface area (Å²) in [5.74, 6) is -0.164. The van der Waals surface area contributed by atoms with Crippen LogP contribution >= 0.6 is 0 Å². The van der Waals surface area contributed by atoms with Gasteiger partial charge in [0.2, 0.25) is 0 Å². The summed E-state index contributed by atoms with van der Waals surface area (Å²) in [5, 5.41) is 9.24. The third kappa shape index (κ3) is 2.19. The van der Waals surface area contributed by atoms with Crippen LogP contribution in [0, 0.1) is 0 Å². The van der Waals surface area contributed by atoms with Crippen LogP contribution in [0.2, 0.25) is 0 Å². The quantitative estimate of drug-likeness (QED) is 0.563. The molecular weight excluding hydrogens is 142 g/mol. The van der Waals surface area contributed by atoms with Crippen molar-refractivity contribution in [1.82, 2.24) is 4.90 Å². The molecule has 1 aliphatic rings. The van der Waals surface area contributed by atoms with E-state index in [4.69, 9.17) is 0 Å². The van der Waals surface area contributed by atoms with E-state index in [9.17, 15) is 9.90 Å². The Bertz CT molecular complexity index is 143. The first-order chi connectivity index (χ1) is 5.04. The number of rotatable bonds is 0. The van der Waals surface area contributed by atoms with Crippen LogP contribution < -0.4 is 0 Å². The van der Waals surface area contributed by atoms with E-state index in [1.165, 1.54) is 0 Å². The zero-order valence-corrected chi connectivity index (χ0v) is 7.72. The van der Waals surface area contributed by atoms with Gasteiger partial charge in [-0.1, -0.05) is 13.8 Å². The van der Waals surface area contributed by atoms with Gasteiger partial charge in [-0.15, -0.1) is 0 Å². The molecular formula is C8H17NO2. The minimum Gasteiger partial charge on any atom is -0.380 e. The highest BCUT2D eigenvalue weighted by atomic mass is 16.3. The van der Waals surface area contributed by atoms with Crippen molar-refractivity contribution in [3.8, 4) is 0 Å². The van der Waals surface area contributed by atoms with Crippen molar-refractivity contribution in [3.63, 3.8) is 0 Å². The lowest BCUT2D eigenvalue weighted by molar-refractivity contribution is -0.140. The zero-order chi connectivity index (χ0) is 9.07. The van der Waals surface area contributed by atoms with Crippen molar-refractivity contribution in [2.75, 3.05) is 13.6 Å². The summed E-state index contributed by atoms with van der Waals surface area (Å²) in [6.45, 7) is 6.23. The molecule has 3 heteroatoms. The molecule has 1 amide bonds. The summed E-state index contributed by atoms with van der Waals surface area (Å²) < 4.78 is 0. The number of likely N-dealkylation sites (tertiary alicyclic amines) is 1. The first-order valence-electron chi connectivity index (χ1n) is 4.02. The molecule has 1 rings (SSSR count). The number of likely N-dealkylation sites (N-methyl/N-ethyl adjacent to an activating group) is 1. The van der Waals surface area contributed by atoms with Gasteiger partial charge in [-0.05, 0) is 6.92 Å². The number of carbonyl (C=O) groups is 1. The molecule has 0 aromatic rings. The molecule has 0 radical (unpaired) electrons. The van der Waals surface area contributed by atoms with Crippen LogP contribution in [-0.2, 0) is 4.79 Å². The zero-order valence-electron chi connectivity index (χ0n) is 7.72. The molecule has 1 N–H and O–H groups in total. The van der Waals surface area contributed by atoms with Crippen LogP contribution in [0.25, 0.3) is 0 Å². The lowest BCUT2D eigenvalue weighted by Crippen LogP contribution is -2.35. The Morgan fingerprint density at radius 1 is 1.55 bits per heavy atom. The molecule has 0 aromatic carbocycles. The lowest BCUT2D eigenvalue weighted by atomic mass is 10.1.